The molecular formula is C24H25O2Si. The van der Waals surface area contributed by atoms with Crippen molar-refractivity contribution in [2.45, 2.75) is 25.2 Å². The number of hydrogen-bond acceptors (Lipinski definition) is 2. The molecule has 1 aliphatic rings. The standard InChI is InChI=1S/C24H25O2Si/c1-19(20-13-15-21(16-14-20)24(2)25-17-18-26-24)27(22-9-5-3-6-10-22)23-11-7-4-8-12-23/h3-16,19H,17-18H2,1-2H3/t19-/m0/s1. The summed E-state index contributed by atoms with van der Waals surface area (Å²) in [6.07, 6.45) is 0. The van der Waals surface area contributed by atoms with Crippen LogP contribution in [-0.2, 0) is 15.3 Å². The SMILES string of the molecule is C[C@@H](c1ccc(C2(C)OCCO2)cc1)[Si](c1ccccc1)c1ccccc1. The molecule has 1 heterocycles. The van der Waals surface area contributed by atoms with Crippen molar-refractivity contribution >= 4 is 19.2 Å². The molecular weight excluding hydrogens is 348 g/mol. The normalized spacial score (nSPS) is 17.1. The molecule has 1 fully saturated rings. The van der Waals surface area contributed by atoms with E-state index in [2.05, 4.69) is 91.9 Å². The van der Waals surface area contributed by atoms with Crippen LogP contribution in [0.5, 0.6) is 0 Å². The summed E-state index contributed by atoms with van der Waals surface area (Å²) in [6.45, 7) is 5.67. The van der Waals surface area contributed by atoms with E-state index in [4.69, 9.17) is 9.47 Å². The fourth-order valence-corrected chi connectivity index (χ4v) is 6.79. The van der Waals surface area contributed by atoms with E-state index in [-0.39, 0.29) is 0 Å². The summed E-state index contributed by atoms with van der Waals surface area (Å²) in [4.78, 5) is 0. The predicted molar refractivity (Wildman–Crippen MR) is 112 cm³/mol. The summed E-state index contributed by atoms with van der Waals surface area (Å²) < 4.78 is 11.6. The first-order valence-corrected chi connectivity index (χ1v) is 11.1. The van der Waals surface area contributed by atoms with Crippen molar-refractivity contribution in [1.82, 2.24) is 0 Å². The average Bonchev–Trinajstić information content (AvgIpc) is 3.18. The molecule has 27 heavy (non-hydrogen) atoms. The van der Waals surface area contributed by atoms with E-state index in [0.717, 1.165) is 5.56 Å². The van der Waals surface area contributed by atoms with Gasteiger partial charge in [-0.3, -0.25) is 0 Å². The Hall–Kier alpha value is -2.20. The van der Waals surface area contributed by atoms with Crippen LogP contribution in [0.4, 0.5) is 0 Å². The summed E-state index contributed by atoms with van der Waals surface area (Å²) in [6, 6.07) is 30.7. The van der Waals surface area contributed by atoms with Crippen molar-refractivity contribution in [2.75, 3.05) is 13.2 Å². The van der Waals surface area contributed by atoms with Crippen LogP contribution in [0.3, 0.4) is 0 Å². The van der Waals surface area contributed by atoms with Gasteiger partial charge in [0.15, 0.2) is 5.79 Å². The van der Waals surface area contributed by atoms with Gasteiger partial charge in [-0.1, -0.05) is 102 Å². The summed E-state index contributed by atoms with van der Waals surface area (Å²) in [5.74, 6) is -0.603. The monoisotopic (exact) mass is 373 g/mol. The van der Waals surface area contributed by atoms with E-state index in [9.17, 15) is 0 Å². The molecule has 3 heteroatoms. The zero-order valence-electron chi connectivity index (χ0n) is 15.9. The second kappa shape index (κ2) is 7.81. The molecule has 0 amide bonds. The molecule has 0 spiro atoms. The van der Waals surface area contributed by atoms with E-state index >= 15 is 0 Å². The summed E-state index contributed by atoms with van der Waals surface area (Å²) >= 11 is 0. The topological polar surface area (TPSA) is 18.5 Å². The Labute approximate surface area is 163 Å². The van der Waals surface area contributed by atoms with Crippen LogP contribution in [0, 0.1) is 0 Å². The minimum atomic E-state index is -0.939. The van der Waals surface area contributed by atoms with Gasteiger partial charge in [-0.15, -0.1) is 0 Å². The zero-order chi connectivity index (χ0) is 18.7. The van der Waals surface area contributed by atoms with Gasteiger partial charge < -0.3 is 9.47 Å². The second-order valence-corrected chi connectivity index (χ2v) is 9.98. The van der Waals surface area contributed by atoms with E-state index in [0.29, 0.717) is 18.8 Å². The summed E-state index contributed by atoms with van der Waals surface area (Å²) in [5.41, 5.74) is 2.90. The van der Waals surface area contributed by atoms with Crippen LogP contribution >= 0.6 is 0 Å². The van der Waals surface area contributed by atoms with Crippen molar-refractivity contribution in [1.29, 1.82) is 0 Å². The van der Waals surface area contributed by atoms with Crippen LogP contribution in [-0.4, -0.2) is 22.0 Å². The van der Waals surface area contributed by atoms with E-state index in [1.54, 1.807) is 0 Å². The fourth-order valence-electron chi connectivity index (χ4n) is 3.82. The number of ether oxygens (including phenoxy) is 2. The maximum atomic E-state index is 5.80. The highest BCUT2D eigenvalue weighted by Gasteiger charge is 2.33. The lowest BCUT2D eigenvalue weighted by Crippen LogP contribution is -2.46. The van der Waals surface area contributed by atoms with Gasteiger partial charge in [0.1, 0.15) is 8.80 Å². The molecule has 0 N–H and O–H groups in total. The molecule has 2 nitrogen and oxygen atoms in total. The highest BCUT2D eigenvalue weighted by Crippen LogP contribution is 2.31. The Morgan fingerprint density at radius 1 is 0.741 bits per heavy atom. The first-order valence-electron chi connectivity index (χ1n) is 9.53. The molecule has 1 aliphatic heterocycles. The van der Waals surface area contributed by atoms with Crippen LogP contribution < -0.4 is 10.4 Å². The Balaban J connectivity index is 1.66. The molecule has 0 bridgehead atoms. The second-order valence-electron chi connectivity index (χ2n) is 7.13. The molecule has 3 aromatic carbocycles. The number of benzene rings is 3. The summed E-state index contributed by atoms with van der Waals surface area (Å²) in [7, 11) is -0.939. The maximum absolute atomic E-state index is 5.80. The van der Waals surface area contributed by atoms with Crippen molar-refractivity contribution in [2.24, 2.45) is 0 Å². The molecule has 0 unspecified atom stereocenters. The molecule has 0 aromatic heterocycles. The molecule has 0 aliphatic carbocycles. The van der Waals surface area contributed by atoms with E-state index < -0.39 is 14.6 Å². The highest BCUT2D eigenvalue weighted by atomic mass is 28.3. The lowest BCUT2D eigenvalue weighted by Gasteiger charge is -2.26. The van der Waals surface area contributed by atoms with Crippen LogP contribution in [0.2, 0.25) is 0 Å². The first kappa shape index (κ1) is 18.2. The molecule has 1 saturated heterocycles. The third-order valence-corrected chi connectivity index (χ3v) is 8.49. The van der Waals surface area contributed by atoms with Crippen molar-refractivity contribution < 1.29 is 9.47 Å². The third-order valence-electron chi connectivity index (χ3n) is 5.38. The van der Waals surface area contributed by atoms with Gasteiger partial charge in [0.05, 0.1) is 13.2 Å². The van der Waals surface area contributed by atoms with Crippen LogP contribution in [0.15, 0.2) is 84.9 Å². The Morgan fingerprint density at radius 2 is 1.22 bits per heavy atom. The van der Waals surface area contributed by atoms with Crippen LogP contribution in [0.1, 0.15) is 30.5 Å². The first-order chi connectivity index (χ1) is 13.2. The van der Waals surface area contributed by atoms with Gasteiger partial charge in [-0.25, -0.2) is 0 Å². The maximum Gasteiger partial charge on any atom is 0.192 e. The molecule has 3 aromatic rings. The molecule has 137 valence electrons. The quantitative estimate of drug-likeness (QED) is 0.632. The van der Waals surface area contributed by atoms with Crippen molar-refractivity contribution in [3.05, 3.63) is 96.1 Å². The van der Waals surface area contributed by atoms with Gasteiger partial charge >= 0.3 is 0 Å². The average molecular weight is 374 g/mol. The lowest BCUT2D eigenvalue weighted by atomic mass is 10.0. The lowest BCUT2D eigenvalue weighted by molar-refractivity contribution is -0.149. The Bertz CT molecular complexity index is 816. The zero-order valence-corrected chi connectivity index (χ0v) is 16.9. The minimum absolute atomic E-state index is 0.451. The molecule has 4 rings (SSSR count). The molecule has 1 atom stereocenters. The van der Waals surface area contributed by atoms with Gasteiger partial charge in [0, 0.05) is 5.56 Å². The van der Waals surface area contributed by atoms with Crippen molar-refractivity contribution in [3.8, 4) is 0 Å². The fraction of sp³-hybridized carbons (Fsp3) is 0.250. The summed E-state index contributed by atoms with van der Waals surface area (Å²) in [5, 5.41) is 2.89. The largest absolute Gasteiger partial charge is 0.344 e. The molecule has 0 saturated carbocycles. The number of hydrogen-bond donors (Lipinski definition) is 0. The van der Waals surface area contributed by atoms with Gasteiger partial charge in [-0.05, 0) is 18.0 Å². The molecule has 1 radical (unpaired) electrons. The van der Waals surface area contributed by atoms with Gasteiger partial charge in [-0.2, -0.15) is 0 Å². The van der Waals surface area contributed by atoms with Gasteiger partial charge in [0.25, 0.3) is 0 Å². The Kier molecular flexibility index (Phi) is 5.26. The van der Waals surface area contributed by atoms with E-state index in [1.165, 1.54) is 15.9 Å². The van der Waals surface area contributed by atoms with E-state index in [1.807, 2.05) is 6.92 Å². The van der Waals surface area contributed by atoms with Crippen LogP contribution in [0.25, 0.3) is 0 Å². The minimum Gasteiger partial charge on any atom is -0.344 e. The Morgan fingerprint density at radius 3 is 1.70 bits per heavy atom. The number of rotatable bonds is 5. The van der Waals surface area contributed by atoms with Gasteiger partial charge in [0.2, 0.25) is 0 Å². The smallest absolute Gasteiger partial charge is 0.192 e. The predicted octanol–water partition coefficient (Wildman–Crippen LogP) is 3.86. The highest BCUT2D eigenvalue weighted by molar-refractivity contribution is 6.86. The van der Waals surface area contributed by atoms with Crippen molar-refractivity contribution in [3.63, 3.8) is 0 Å². The third kappa shape index (κ3) is 3.77.